The second-order valence-corrected chi connectivity index (χ2v) is 9.80. The number of benzene rings is 3. The van der Waals surface area contributed by atoms with Gasteiger partial charge in [0.25, 0.3) is 15.9 Å². The Morgan fingerprint density at radius 3 is 2.12 bits per heavy atom. The van der Waals surface area contributed by atoms with Crippen LogP contribution in [0.4, 0.5) is 5.69 Å². The minimum Gasteiger partial charge on any atom is -0.482 e. The number of hydrogen-bond acceptors (Lipinski definition) is 4. The lowest BCUT2D eigenvalue weighted by Crippen LogP contribution is -2.31. The highest BCUT2D eigenvalue weighted by Crippen LogP contribution is 2.28. The molecule has 3 rings (SSSR count). The molecule has 3 aromatic rings. The van der Waals surface area contributed by atoms with E-state index in [4.69, 9.17) is 39.5 Å². The summed E-state index contributed by atoms with van der Waals surface area (Å²) in [5, 5.41) is 3.96. The SMILES string of the molecule is C[C@@H](NC(=O)COc1ccc(S(=O)(=O)Nc2ccc(Cl)cc2)cc1Cl)c1ccc(Cl)cc1. The maximum Gasteiger partial charge on any atom is 0.261 e. The van der Waals surface area contributed by atoms with Crippen LogP contribution in [-0.4, -0.2) is 20.9 Å². The Hall–Kier alpha value is -2.45. The van der Waals surface area contributed by atoms with Gasteiger partial charge in [-0.05, 0) is 67.1 Å². The number of rotatable bonds is 8. The van der Waals surface area contributed by atoms with Crippen molar-refractivity contribution in [2.45, 2.75) is 17.9 Å². The van der Waals surface area contributed by atoms with Gasteiger partial charge in [-0.1, -0.05) is 46.9 Å². The number of sulfonamides is 1. The lowest BCUT2D eigenvalue weighted by atomic mass is 10.1. The molecule has 0 spiro atoms. The van der Waals surface area contributed by atoms with Crippen molar-refractivity contribution in [1.29, 1.82) is 0 Å². The fourth-order valence-corrected chi connectivity index (χ4v) is 4.40. The summed E-state index contributed by atoms with van der Waals surface area (Å²) in [7, 11) is -3.87. The van der Waals surface area contributed by atoms with Crippen LogP contribution >= 0.6 is 34.8 Å². The van der Waals surface area contributed by atoms with Crippen LogP contribution < -0.4 is 14.8 Å². The average molecular weight is 514 g/mol. The van der Waals surface area contributed by atoms with Crippen molar-refractivity contribution in [3.8, 4) is 5.75 Å². The molecule has 0 heterocycles. The molecule has 168 valence electrons. The van der Waals surface area contributed by atoms with Gasteiger partial charge in [0, 0.05) is 15.7 Å². The summed E-state index contributed by atoms with van der Waals surface area (Å²) in [4.78, 5) is 12.2. The van der Waals surface area contributed by atoms with E-state index in [9.17, 15) is 13.2 Å². The molecule has 0 aliphatic heterocycles. The van der Waals surface area contributed by atoms with Gasteiger partial charge in [-0.25, -0.2) is 8.42 Å². The first-order chi connectivity index (χ1) is 15.1. The number of halogens is 3. The van der Waals surface area contributed by atoms with Crippen molar-refractivity contribution in [2.24, 2.45) is 0 Å². The van der Waals surface area contributed by atoms with Gasteiger partial charge in [0.15, 0.2) is 6.61 Å². The Kier molecular flexibility index (Phi) is 7.90. The Balaban J connectivity index is 1.60. The van der Waals surface area contributed by atoms with Crippen LogP contribution in [0.15, 0.2) is 71.6 Å². The minimum absolute atomic E-state index is 0.0504. The maximum absolute atomic E-state index is 12.6. The van der Waals surface area contributed by atoms with E-state index in [1.807, 2.05) is 19.1 Å². The van der Waals surface area contributed by atoms with Crippen molar-refractivity contribution in [3.63, 3.8) is 0 Å². The third-order valence-electron chi connectivity index (χ3n) is 4.42. The van der Waals surface area contributed by atoms with Crippen LogP contribution in [0.5, 0.6) is 5.75 Å². The van der Waals surface area contributed by atoms with E-state index in [1.54, 1.807) is 36.4 Å². The van der Waals surface area contributed by atoms with E-state index in [2.05, 4.69) is 10.0 Å². The highest BCUT2D eigenvalue weighted by atomic mass is 35.5. The van der Waals surface area contributed by atoms with E-state index in [0.717, 1.165) is 5.56 Å². The summed E-state index contributed by atoms with van der Waals surface area (Å²) in [6, 6.07) is 17.1. The van der Waals surface area contributed by atoms with Gasteiger partial charge in [0.05, 0.1) is 16.0 Å². The molecule has 0 saturated carbocycles. The molecule has 0 aliphatic carbocycles. The standard InChI is InChI=1S/C22H19Cl3N2O4S/c1-14(15-2-4-16(23)5-3-15)26-22(28)13-31-21-11-10-19(12-20(21)25)32(29,30)27-18-8-6-17(24)7-9-18/h2-12,14,27H,13H2,1H3,(H,26,28)/t14-/m1/s1. The highest BCUT2D eigenvalue weighted by molar-refractivity contribution is 7.92. The van der Waals surface area contributed by atoms with Crippen molar-refractivity contribution >= 4 is 56.4 Å². The Labute approximate surface area is 201 Å². The zero-order chi connectivity index (χ0) is 23.3. The van der Waals surface area contributed by atoms with Crippen LogP contribution in [0.1, 0.15) is 18.5 Å². The molecular weight excluding hydrogens is 495 g/mol. The fourth-order valence-electron chi connectivity index (χ4n) is 2.76. The molecule has 0 unspecified atom stereocenters. The van der Waals surface area contributed by atoms with Crippen molar-refractivity contribution in [3.05, 3.63) is 87.4 Å². The Bertz CT molecular complexity index is 1200. The van der Waals surface area contributed by atoms with Crippen LogP contribution in [0.25, 0.3) is 0 Å². The number of hydrogen-bond donors (Lipinski definition) is 2. The summed E-state index contributed by atoms with van der Waals surface area (Å²) in [6.07, 6.45) is 0. The molecule has 3 aromatic carbocycles. The molecule has 0 aliphatic rings. The Morgan fingerprint density at radius 2 is 1.53 bits per heavy atom. The van der Waals surface area contributed by atoms with Crippen molar-refractivity contribution in [1.82, 2.24) is 5.32 Å². The molecule has 0 saturated heterocycles. The Morgan fingerprint density at radius 1 is 0.938 bits per heavy atom. The van der Waals surface area contributed by atoms with Gasteiger partial charge < -0.3 is 10.1 Å². The van der Waals surface area contributed by atoms with Crippen LogP contribution in [0.2, 0.25) is 15.1 Å². The van der Waals surface area contributed by atoms with Crippen LogP contribution in [-0.2, 0) is 14.8 Å². The molecule has 6 nitrogen and oxygen atoms in total. The van der Waals surface area contributed by atoms with Gasteiger partial charge >= 0.3 is 0 Å². The summed E-state index contributed by atoms with van der Waals surface area (Å²) >= 11 is 17.9. The number of carbonyl (C=O) groups excluding carboxylic acids is 1. The smallest absolute Gasteiger partial charge is 0.261 e. The monoisotopic (exact) mass is 512 g/mol. The molecule has 32 heavy (non-hydrogen) atoms. The molecule has 0 bridgehead atoms. The van der Waals surface area contributed by atoms with Gasteiger partial charge in [-0.2, -0.15) is 0 Å². The minimum atomic E-state index is -3.87. The first kappa shape index (κ1) is 24.2. The fraction of sp³-hybridized carbons (Fsp3) is 0.136. The number of carbonyl (C=O) groups is 1. The molecule has 2 N–H and O–H groups in total. The zero-order valence-corrected chi connectivity index (χ0v) is 19.9. The molecule has 1 amide bonds. The number of anilines is 1. The van der Waals surface area contributed by atoms with E-state index >= 15 is 0 Å². The quantitative estimate of drug-likeness (QED) is 0.404. The lowest BCUT2D eigenvalue weighted by Gasteiger charge is -2.15. The van der Waals surface area contributed by atoms with E-state index in [1.165, 1.54) is 18.2 Å². The molecule has 0 radical (unpaired) electrons. The second kappa shape index (κ2) is 10.4. The average Bonchev–Trinajstić information content (AvgIpc) is 2.74. The topological polar surface area (TPSA) is 84.5 Å². The molecule has 1 atom stereocenters. The maximum atomic E-state index is 12.6. The first-order valence-electron chi connectivity index (χ1n) is 9.39. The van der Waals surface area contributed by atoms with Gasteiger partial charge in [0.1, 0.15) is 5.75 Å². The van der Waals surface area contributed by atoms with Crippen molar-refractivity contribution in [2.75, 3.05) is 11.3 Å². The third kappa shape index (κ3) is 6.53. The zero-order valence-electron chi connectivity index (χ0n) is 16.8. The summed E-state index contributed by atoms with van der Waals surface area (Å²) in [6.45, 7) is 1.55. The number of nitrogens with one attached hydrogen (secondary N) is 2. The van der Waals surface area contributed by atoms with Crippen molar-refractivity contribution < 1.29 is 17.9 Å². The van der Waals surface area contributed by atoms with Gasteiger partial charge in [-0.15, -0.1) is 0 Å². The first-order valence-corrected chi connectivity index (χ1v) is 12.0. The molecular formula is C22H19Cl3N2O4S. The predicted octanol–water partition coefficient (Wildman–Crippen LogP) is 5.70. The highest BCUT2D eigenvalue weighted by Gasteiger charge is 2.17. The second-order valence-electron chi connectivity index (χ2n) is 6.83. The summed E-state index contributed by atoms with van der Waals surface area (Å²) in [5.74, 6) is -0.170. The predicted molar refractivity (Wildman–Crippen MR) is 127 cm³/mol. The van der Waals surface area contributed by atoms with E-state index in [0.29, 0.717) is 15.7 Å². The molecule has 10 heteroatoms. The van der Waals surface area contributed by atoms with E-state index < -0.39 is 10.0 Å². The van der Waals surface area contributed by atoms with Crippen LogP contribution in [0, 0.1) is 0 Å². The third-order valence-corrected chi connectivity index (χ3v) is 6.59. The van der Waals surface area contributed by atoms with Gasteiger partial charge in [0.2, 0.25) is 0 Å². The number of amides is 1. The lowest BCUT2D eigenvalue weighted by molar-refractivity contribution is -0.123. The molecule has 0 aromatic heterocycles. The summed E-state index contributed by atoms with van der Waals surface area (Å²) in [5.41, 5.74) is 1.25. The number of ether oxygens (including phenoxy) is 1. The molecule has 0 fully saturated rings. The summed E-state index contributed by atoms with van der Waals surface area (Å²) < 4.78 is 33.1. The largest absolute Gasteiger partial charge is 0.482 e. The normalized spacial score (nSPS) is 12.1. The van der Waals surface area contributed by atoms with E-state index in [-0.39, 0.29) is 34.2 Å². The van der Waals surface area contributed by atoms with Gasteiger partial charge in [-0.3, -0.25) is 9.52 Å². The van der Waals surface area contributed by atoms with Crippen LogP contribution in [0.3, 0.4) is 0 Å².